The number of imidazole rings is 1. The molecule has 1 saturated heterocycles. The van der Waals surface area contributed by atoms with Crippen LogP contribution in [0.25, 0.3) is 5.82 Å². The van der Waals surface area contributed by atoms with Gasteiger partial charge in [0, 0.05) is 23.4 Å². The summed E-state index contributed by atoms with van der Waals surface area (Å²) >= 11 is 4.25. The largest absolute Gasteiger partial charge is 0.305 e. The molecule has 2 fully saturated rings. The zero-order chi connectivity index (χ0) is 20.1. The summed E-state index contributed by atoms with van der Waals surface area (Å²) in [5, 5.41) is 4.61. The molecular weight excluding hydrogens is 493 g/mol. The normalized spacial score (nSPS) is 33.3. The van der Waals surface area contributed by atoms with Crippen LogP contribution in [0.3, 0.4) is 0 Å². The van der Waals surface area contributed by atoms with Gasteiger partial charge in [-0.3, -0.25) is 4.57 Å². The van der Waals surface area contributed by atoms with E-state index in [1.165, 1.54) is 25.0 Å². The van der Waals surface area contributed by atoms with E-state index in [2.05, 4.69) is 79.2 Å². The molecule has 29 heavy (non-hydrogen) atoms. The highest BCUT2D eigenvalue weighted by Gasteiger charge is 2.64. The molecule has 3 aliphatic rings. The van der Waals surface area contributed by atoms with Gasteiger partial charge in [-0.05, 0) is 56.7 Å². The lowest BCUT2D eigenvalue weighted by Crippen LogP contribution is -2.38. The molecule has 0 aromatic carbocycles. The van der Waals surface area contributed by atoms with Crippen molar-refractivity contribution in [3.63, 3.8) is 0 Å². The van der Waals surface area contributed by atoms with Crippen LogP contribution in [0.1, 0.15) is 37.1 Å². The molecule has 0 bridgehead atoms. The van der Waals surface area contributed by atoms with Gasteiger partial charge < -0.3 is 5.32 Å². The van der Waals surface area contributed by atoms with Crippen molar-refractivity contribution < 1.29 is 0 Å². The summed E-state index contributed by atoms with van der Waals surface area (Å²) < 4.78 is 2.72. The minimum atomic E-state index is -0.0136. The molecule has 5 rings (SSSR count). The predicted octanol–water partition coefficient (Wildman–Crippen LogP) is 4.60. The van der Waals surface area contributed by atoms with Crippen molar-refractivity contribution in [3.8, 4) is 5.82 Å². The Morgan fingerprint density at radius 3 is 2.90 bits per heavy atom. The summed E-state index contributed by atoms with van der Waals surface area (Å²) in [5.74, 6) is 1.55. The van der Waals surface area contributed by atoms with Crippen LogP contribution in [0.5, 0.6) is 0 Å². The van der Waals surface area contributed by atoms with E-state index in [4.69, 9.17) is 4.98 Å². The van der Waals surface area contributed by atoms with Crippen molar-refractivity contribution in [2.24, 2.45) is 11.3 Å². The van der Waals surface area contributed by atoms with Crippen molar-refractivity contribution in [2.45, 2.75) is 47.2 Å². The Balaban J connectivity index is 1.57. The second-order valence-electron chi connectivity index (χ2n) is 8.53. The highest BCUT2D eigenvalue weighted by atomic mass is 127. The lowest BCUT2D eigenvalue weighted by molar-refractivity contribution is 0.271. The van der Waals surface area contributed by atoms with E-state index in [1.54, 1.807) is 18.1 Å². The number of aromatic nitrogens is 4. The predicted molar refractivity (Wildman–Crippen MR) is 126 cm³/mol. The number of hydrogen-bond acceptors (Lipinski definition) is 5. The molecular formula is C22H26IN5S. The second kappa shape index (κ2) is 7.50. The summed E-state index contributed by atoms with van der Waals surface area (Å²) in [6.45, 7) is 3.13. The third-order valence-corrected chi connectivity index (χ3v) is 8.39. The third-order valence-electron chi connectivity index (χ3n) is 6.85. The molecule has 4 atom stereocenters. The third kappa shape index (κ3) is 3.39. The highest BCUT2D eigenvalue weighted by molar-refractivity contribution is 14.1. The first-order chi connectivity index (χ1) is 14.1. The number of hydrogen-bond donors (Lipinski definition) is 1. The zero-order valence-electron chi connectivity index (χ0n) is 16.8. The van der Waals surface area contributed by atoms with Gasteiger partial charge in [0.2, 0.25) is 0 Å². The molecule has 1 saturated carbocycles. The van der Waals surface area contributed by atoms with Crippen LogP contribution in [-0.2, 0) is 5.41 Å². The minimum absolute atomic E-state index is 0.0136. The molecule has 1 spiro atoms. The SMILES string of the molecule is CSc1nc(C2(C3CC34CCNC(I)C4)C=CC=CC2)cn1-c1cc(C)ncn1. The Kier molecular flexibility index (Phi) is 5.11. The molecule has 2 aliphatic carbocycles. The van der Waals surface area contributed by atoms with E-state index in [9.17, 15) is 0 Å². The Morgan fingerprint density at radius 1 is 1.28 bits per heavy atom. The summed E-state index contributed by atoms with van der Waals surface area (Å²) in [7, 11) is 0. The van der Waals surface area contributed by atoms with Crippen molar-refractivity contribution in [1.82, 2.24) is 24.8 Å². The number of allylic oxidation sites excluding steroid dienone is 4. The van der Waals surface area contributed by atoms with E-state index in [-0.39, 0.29) is 5.41 Å². The number of piperidine rings is 1. The molecule has 2 aromatic rings. The van der Waals surface area contributed by atoms with Crippen LogP contribution in [0.4, 0.5) is 0 Å². The topological polar surface area (TPSA) is 55.6 Å². The first-order valence-electron chi connectivity index (χ1n) is 10.2. The van der Waals surface area contributed by atoms with Gasteiger partial charge >= 0.3 is 0 Å². The molecule has 4 unspecified atom stereocenters. The van der Waals surface area contributed by atoms with Gasteiger partial charge in [0.1, 0.15) is 12.1 Å². The summed E-state index contributed by atoms with van der Waals surface area (Å²) in [6, 6.07) is 2.03. The minimum Gasteiger partial charge on any atom is -0.305 e. The highest BCUT2D eigenvalue weighted by Crippen LogP contribution is 2.68. The molecule has 2 aromatic heterocycles. The van der Waals surface area contributed by atoms with Gasteiger partial charge in [0.05, 0.1) is 9.74 Å². The fraction of sp³-hybridized carbons (Fsp3) is 0.500. The first kappa shape index (κ1) is 19.8. The fourth-order valence-electron chi connectivity index (χ4n) is 5.32. The number of halogens is 1. The number of aryl methyl sites for hydroxylation is 1. The van der Waals surface area contributed by atoms with Gasteiger partial charge in [-0.1, -0.05) is 58.7 Å². The molecule has 5 nitrogen and oxygen atoms in total. The van der Waals surface area contributed by atoms with Gasteiger partial charge in [-0.15, -0.1) is 0 Å². The fourth-order valence-corrected chi connectivity index (χ4v) is 7.04. The van der Waals surface area contributed by atoms with Crippen LogP contribution in [0.15, 0.2) is 48.1 Å². The van der Waals surface area contributed by atoms with Crippen LogP contribution >= 0.6 is 34.4 Å². The van der Waals surface area contributed by atoms with Crippen molar-refractivity contribution >= 4 is 34.4 Å². The van der Waals surface area contributed by atoms with E-state index in [0.29, 0.717) is 15.4 Å². The Hall–Kier alpha value is -1.19. The van der Waals surface area contributed by atoms with E-state index >= 15 is 0 Å². The molecule has 0 amide bonds. The van der Waals surface area contributed by atoms with E-state index in [1.807, 2.05) is 13.0 Å². The van der Waals surface area contributed by atoms with E-state index < -0.39 is 0 Å². The maximum Gasteiger partial charge on any atom is 0.173 e. The number of alkyl halides is 1. The Bertz CT molecular complexity index is 985. The average molecular weight is 519 g/mol. The van der Waals surface area contributed by atoms with Crippen LogP contribution < -0.4 is 5.32 Å². The molecule has 0 radical (unpaired) electrons. The smallest absolute Gasteiger partial charge is 0.173 e. The van der Waals surface area contributed by atoms with Crippen molar-refractivity contribution in [2.75, 3.05) is 12.8 Å². The lowest BCUT2D eigenvalue weighted by Gasteiger charge is -2.36. The molecule has 1 aliphatic heterocycles. The maximum atomic E-state index is 5.15. The number of rotatable bonds is 4. The second-order valence-corrected chi connectivity index (χ2v) is 10.8. The number of thioether (sulfide) groups is 1. The van der Waals surface area contributed by atoms with Crippen molar-refractivity contribution in [1.29, 1.82) is 0 Å². The number of nitrogens with zero attached hydrogens (tertiary/aromatic N) is 4. The average Bonchev–Trinajstić information content (AvgIpc) is 3.23. The molecule has 1 N–H and O–H groups in total. The van der Waals surface area contributed by atoms with Gasteiger partial charge in [0.15, 0.2) is 5.16 Å². The molecule has 7 heteroatoms. The van der Waals surface area contributed by atoms with Gasteiger partial charge in [-0.2, -0.15) is 0 Å². The lowest BCUT2D eigenvalue weighted by atomic mass is 9.70. The number of nitrogens with one attached hydrogen (secondary N) is 1. The van der Waals surface area contributed by atoms with Gasteiger partial charge in [-0.25, -0.2) is 15.0 Å². The zero-order valence-corrected chi connectivity index (χ0v) is 19.8. The van der Waals surface area contributed by atoms with Crippen LogP contribution in [-0.4, -0.2) is 36.4 Å². The Morgan fingerprint density at radius 2 is 2.17 bits per heavy atom. The van der Waals surface area contributed by atoms with E-state index in [0.717, 1.165) is 29.6 Å². The van der Waals surface area contributed by atoms with Crippen molar-refractivity contribution in [3.05, 3.63) is 54.3 Å². The first-order valence-corrected chi connectivity index (χ1v) is 12.7. The maximum absolute atomic E-state index is 5.15. The van der Waals surface area contributed by atoms with Crippen LogP contribution in [0.2, 0.25) is 0 Å². The quantitative estimate of drug-likeness (QED) is 0.277. The molecule has 3 heterocycles. The van der Waals surface area contributed by atoms with Crippen LogP contribution in [0, 0.1) is 18.3 Å². The summed E-state index contributed by atoms with van der Waals surface area (Å²) in [5.41, 5.74) is 2.60. The summed E-state index contributed by atoms with van der Waals surface area (Å²) in [6.07, 6.45) is 20.0. The van der Waals surface area contributed by atoms with Gasteiger partial charge in [0.25, 0.3) is 0 Å². The molecule has 152 valence electrons. The standard InChI is InChI=1S/C22H26IN5S/c1-15-10-19(26-14-25-15)28-13-17(27-20(28)29-2)22(6-4-3-5-7-22)16-11-21(16)8-9-24-18(23)12-21/h3-6,10,13-14,16,18,24H,7-9,11-12H2,1-2H3. The summed E-state index contributed by atoms with van der Waals surface area (Å²) in [4.78, 5) is 13.9. The Labute approximate surface area is 190 Å². The monoisotopic (exact) mass is 519 g/mol.